The molecule has 1 aromatic carbocycles. The molecular weight excluding hydrogens is 386 g/mol. The highest BCUT2D eigenvalue weighted by Crippen LogP contribution is 2.29. The third-order valence-electron chi connectivity index (χ3n) is 4.75. The highest BCUT2D eigenvalue weighted by Gasteiger charge is 2.17. The number of thioether (sulfide) groups is 1. The molecular formula is C22H21N3OS2. The average Bonchev–Trinajstić information content (AvgIpc) is 2.97. The van der Waals surface area contributed by atoms with Crippen LogP contribution in [0.3, 0.4) is 0 Å². The van der Waals surface area contributed by atoms with Crippen LogP contribution in [0, 0.1) is 20.8 Å². The van der Waals surface area contributed by atoms with Gasteiger partial charge in [-0.25, -0.2) is 4.98 Å². The first-order valence-corrected chi connectivity index (χ1v) is 10.9. The Bertz CT molecular complexity index is 1200. The largest absolute Gasteiger partial charge is 0.281 e. The van der Waals surface area contributed by atoms with Gasteiger partial charge in [0.1, 0.15) is 4.83 Å². The first-order chi connectivity index (χ1) is 13.5. The predicted octanol–water partition coefficient (Wildman–Crippen LogP) is 5.12. The Labute approximate surface area is 172 Å². The van der Waals surface area contributed by atoms with Gasteiger partial charge in [-0.1, -0.05) is 47.7 Å². The molecule has 0 N–H and O–H groups in total. The van der Waals surface area contributed by atoms with E-state index in [1.165, 1.54) is 11.1 Å². The number of aromatic nitrogens is 3. The van der Waals surface area contributed by atoms with E-state index in [1.54, 1.807) is 33.9 Å². The first kappa shape index (κ1) is 18.9. The van der Waals surface area contributed by atoms with Gasteiger partial charge in [0.05, 0.1) is 17.6 Å². The number of pyridine rings is 1. The van der Waals surface area contributed by atoms with E-state index < -0.39 is 0 Å². The standard InChI is InChI=1S/C22H21N3OS2/c1-14-7-6-8-17(11-14)13-27-22-24-20-19(15(2)16(3)28-20)21(26)25(22)12-18-9-4-5-10-23-18/h4-11H,12-13H2,1-3H3. The molecule has 4 aromatic rings. The lowest BCUT2D eigenvalue weighted by molar-refractivity contribution is 0.647. The summed E-state index contributed by atoms with van der Waals surface area (Å²) in [5.41, 5.74) is 4.36. The van der Waals surface area contributed by atoms with Gasteiger partial charge < -0.3 is 0 Å². The quantitative estimate of drug-likeness (QED) is 0.340. The van der Waals surface area contributed by atoms with Gasteiger partial charge >= 0.3 is 0 Å². The van der Waals surface area contributed by atoms with Crippen molar-refractivity contribution in [3.8, 4) is 0 Å². The third kappa shape index (κ3) is 3.75. The number of rotatable bonds is 5. The number of hydrogen-bond acceptors (Lipinski definition) is 5. The Morgan fingerprint density at radius 2 is 1.96 bits per heavy atom. The summed E-state index contributed by atoms with van der Waals surface area (Å²) in [4.78, 5) is 24.6. The van der Waals surface area contributed by atoms with Crippen LogP contribution in [0.25, 0.3) is 10.2 Å². The van der Waals surface area contributed by atoms with Crippen LogP contribution >= 0.6 is 23.1 Å². The molecule has 6 heteroatoms. The summed E-state index contributed by atoms with van der Waals surface area (Å²) in [6.07, 6.45) is 1.76. The molecule has 3 aromatic heterocycles. The number of fused-ring (bicyclic) bond motifs is 1. The summed E-state index contributed by atoms with van der Waals surface area (Å²) in [5, 5.41) is 1.48. The van der Waals surface area contributed by atoms with Gasteiger partial charge in [-0.15, -0.1) is 11.3 Å². The first-order valence-electron chi connectivity index (χ1n) is 9.11. The maximum atomic E-state index is 13.3. The average molecular weight is 408 g/mol. The van der Waals surface area contributed by atoms with Gasteiger partial charge in [0, 0.05) is 16.8 Å². The third-order valence-corrected chi connectivity index (χ3v) is 6.90. The van der Waals surface area contributed by atoms with E-state index in [0.29, 0.717) is 6.54 Å². The minimum Gasteiger partial charge on any atom is -0.281 e. The molecule has 0 spiro atoms. The van der Waals surface area contributed by atoms with E-state index >= 15 is 0 Å². The molecule has 0 atom stereocenters. The fraction of sp³-hybridized carbons (Fsp3) is 0.227. The van der Waals surface area contributed by atoms with Crippen LogP contribution in [0.4, 0.5) is 0 Å². The summed E-state index contributed by atoms with van der Waals surface area (Å²) < 4.78 is 1.77. The highest BCUT2D eigenvalue weighted by molar-refractivity contribution is 7.98. The van der Waals surface area contributed by atoms with E-state index in [4.69, 9.17) is 4.98 Å². The normalized spacial score (nSPS) is 11.2. The Morgan fingerprint density at radius 1 is 1.11 bits per heavy atom. The van der Waals surface area contributed by atoms with Crippen LogP contribution in [0.5, 0.6) is 0 Å². The van der Waals surface area contributed by atoms with Crippen molar-refractivity contribution < 1.29 is 0 Å². The number of aryl methyl sites for hydroxylation is 3. The Balaban J connectivity index is 1.78. The second-order valence-corrected chi connectivity index (χ2v) is 8.99. The number of thiophene rings is 1. The van der Waals surface area contributed by atoms with Crippen LogP contribution < -0.4 is 5.56 Å². The number of benzene rings is 1. The number of nitrogens with zero attached hydrogens (tertiary/aromatic N) is 3. The molecule has 0 aliphatic heterocycles. The molecule has 3 heterocycles. The molecule has 0 saturated heterocycles. The van der Waals surface area contributed by atoms with Crippen LogP contribution in [0.15, 0.2) is 58.6 Å². The predicted molar refractivity (Wildman–Crippen MR) is 117 cm³/mol. The zero-order chi connectivity index (χ0) is 19.7. The van der Waals surface area contributed by atoms with Crippen molar-refractivity contribution in [1.29, 1.82) is 0 Å². The molecule has 0 fully saturated rings. The molecule has 28 heavy (non-hydrogen) atoms. The van der Waals surface area contributed by atoms with Crippen LogP contribution in [-0.4, -0.2) is 14.5 Å². The van der Waals surface area contributed by atoms with Gasteiger partial charge in [0.2, 0.25) is 0 Å². The molecule has 0 aliphatic carbocycles. The van der Waals surface area contributed by atoms with Gasteiger partial charge in [-0.05, 0) is 44.0 Å². The van der Waals surface area contributed by atoms with Crippen LogP contribution in [0.1, 0.15) is 27.3 Å². The van der Waals surface area contributed by atoms with Crippen molar-refractivity contribution in [2.75, 3.05) is 0 Å². The van der Waals surface area contributed by atoms with E-state index in [2.05, 4.69) is 36.2 Å². The SMILES string of the molecule is Cc1cccc(CSc2nc3sc(C)c(C)c3c(=O)n2Cc2ccccn2)c1. The zero-order valence-corrected chi connectivity index (χ0v) is 17.7. The van der Waals surface area contributed by atoms with Gasteiger partial charge in [0.15, 0.2) is 5.16 Å². The molecule has 4 nitrogen and oxygen atoms in total. The Morgan fingerprint density at radius 3 is 2.71 bits per heavy atom. The van der Waals surface area contributed by atoms with E-state index in [-0.39, 0.29) is 5.56 Å². The second-order valence-electron chi connectivity index (χ2n) is 6.85. The van der Waals surface area contributed by atoms with Crippen molar-refractivity contribution in [1.82, 2.24) is 14.5 Å². The maximum absolute atomic E-state index is 13.3. The lowest BCUT2D eigenvalue weighted by Gasteiger charge is -2.12. The molecule has 0 radical (unpaired) electrons. The molecule has 0 amide bonds. The summed E-state index contributed by atoms with van der Waals surface area (Å²) in [5.74, 6) is 0.769. The van der Waals surface area contributed by atoms with Crippen molar-refractivity contribution in [2.24, 2.45) is 0 Å². The molecule has 0 aliphatic rings. The molecule has 0 bridgehead atoms. The van der Waals surface area contributed by atoms with E-state index in [1.807, 2.05) is 32.0 Å². The fourth-order valence-corrected chi connectivity index (χ4v) is 5.17. The Kier molecular flexibility index (Phi) is 5.33. The minimum absolute atomic E-state index is 0.0178. The minimum atomic E-state index is 0.0178. The monoisotopic (exact) mass is 407 g/mol. The van der Waals surface area contributed by atoms with Crippen LogP contribution in [0.2, 0.25) is 0 Å². The Hall–Kier alpha value is -2.44. The van der Waals surface area contributed by atoms with E-state index in [0.717, 1.165) is 37.3 Å². The summed E-state index contributed by atoms with van der Waals surface area (Å²) >= 11 is 3.20. The molecule has 0 saturated carbocycles. The van der Waals surface area contributed by atoms with Crippen molar-refractivity contribution >= 4 is 33.3 Å². The number of hydrogen-bond donors (Lipinski definition) is 0. The topological polar surface area (TPSA) is 47.8 Å². The van der Waals surface area contributed by atoms with Crippen molar-refractivity contribution in [3.63, 3.8) is 0 Å². The fourth-order valence-electron chi connectivity index (χ4n) is 3.16. The summed E-state index contributed by atoms with van der Waals surface area (Å²) in [7, 11) is 0. The molecule has 4 rings (SSSR count). The zero-order valence-electron chi connectivity index (χ0n) is 16.1. The summed E-state index contributed by atoms with van der Waals surface area (Å²) in [6, 6.07) is 14.2. The van der Waals surface area contributed by atoms with Crippen molar-refractivity contribution in [2.45, 2.75) is 38.2 Å². The van der Waals surface area contributed by atoms with Gasteiger partial charge in [-0.3, -0.25) is 14.3 Å². The summed E-state index contributed by atoms with van der Waals surface area (Å²) in [6.45, 7) is 6.56. The van der Waals surface area contributed by atoms with Crippen molar-refractivity contribution in [3.05, 3.63) is 86.3 Å². The highest BCUT2D eigenvalue weighted by atomic mass is 32.2. The van der Waals surface area contributed by atoms with Gasteiger partial charge in [-0.2, -0.15) is 0 Å². The molecule has 142 valence electrons. The maximum Gasteiger partial charge on any atom is 0.263 e. The van der Waals surface area contributed by atoms with Crippen LogP contribution in [-0.2, 0) is 12.3 Å². The lowest BCUT2D eigenvalue weighted by Crippen LogP contribution is -2.24. The lowest BCUT2D eigenvalue weighted by atomic mass is 10.2. The second kappa shape index (κ2) is 7.89. The van der Waals surface area contributed by atoms with Gasteiger partial charge in [0.25, 0.3) is 5.56 Å². The molecule has 0 unspecified atom stereocenters. The van der Waals surface area contributed by atoms with E-state index in [9.17, 15) is 4.79 Å². The smallest absolute Gasteiger partial charge is 0.263 e.